The maximum absolute atomic E-state index is 15.1. The van der Waals surface area contributed by atoms with Crippen molar-refractivity contribution in [2.45, 2.75) is 171 Å². The van der Waals surface area contributed by atoms with Crippen LogP contribution in [0.15, 0.2) is 292 Å². The Bertz CT molecular complexity index is 4520. The standard InChI is InChI=1S/C99H109O15/c1-6-56-105-58-28-26-30-73-46-50-75(51-47-73)60-83-62-85(54-44-71(83)3)98(103)95(111-69-81-40-22-12-23-41-81)93(109-67-79-36-18-10-19-37-79)90(107-65-77-32-14-8-15-33-77)88(113-98)64-87(97(101)102)89(100)91-92(108-66-78-34-16-9-17-35-78)94(110-68-80-38-20-11-21-39-80)96(112-70-82-42-24-13-25-43-82)99(104-5,114-91)86-55-45-72(4)84(63-86)61-76-52-48-74(49-53-76)31-27-29-59-106-57-7-2/h6-25,32-55,62-64,87-96,100,103H,1-2,26-31,56-61,65-70H2,3-5H3,(H,101,102)/t87?,88-,89?,90-,91-,92+,93+,94+,95-,96-,98+,99+/m1/s1. The van der Waals surface area contributed by atoms with Crippen LogP contribution in [0.25, 0.3) is 0 Å². The SMILES string of the molecule is C=CCOCCCCc1ccc(Cc2cc([C@]3(OC)O[C@H](C(O)C([CH][C@H]4O[C@@](O)(c5ccc(C)c(Cc6ccc(CCCCOCC=C)cc6)c5)[C@H](OCc5ccccc5)[C@@H](OCc5ccccc5)[C@@H]4OCc4ccccc4)C(=O)O)[C@H](OCc4ccccc4)[C@H](OCc4ccccc4)[C@H]3OCc3ccccc3)ccc2C)cc1. The molecule has 15 nitrogen and oxygen atoms in total. The third kappa shape index (κ3) is 22.8. The Hall–Kier alpha value is -9.37. The van der Waals surface area contributed by atoms with Crippen molar-refractivity contribution in [2.75, 3.05) is 33.5 Å². The molecule has 2 heterocycles. The smallest absolute Gasteiger partial charge is 0.309 e. The predicted octanol–water partition coefficient (Wildman–Crippen LogP) is 17.8. The van der Waals surface area contributed by atoms with Crippen LogP contribution in [0.2, 0.25) is 0 Å². The quantitative estimate of drug-likeness (QED) is 0.0242. The first-order valence-corrected chi connectivity index (χ1v) is 39.9. The number of aliphatic hydroxyl groups is 2. The third-order valence-electron chi connectivity index (χ3n) is 21.5. The van der Waals surface area contributed by atoms with Gasteiger partial charge in [0, 0.05) is 37.9 Å². The normalized spacial score (nSPS) is 21.4. The molecule has 10 aromatic rings. The molecule has 2 fully saturated rings. The van der Waals surface area contributed by atoms with E-state index < -0.39 is 78.4 Å². The Labute approximate surface area is 673 Å². The molecule has 12 rings (SSSR count). The van der Waals surface area contributed by atoms with E-state index in [9.17, 15) is 15.3 Å². The lowest BCUT2D eigenvalue weighted by Gasteiger charge is -2.54. The lowest BCUT2D eigenvalue weighted by molar-refractivity contribution is -0.392. The number of aryl methyl sites for hydroxylation is 4. The molecule has 2 saturated heterocycles. The van der Waals surface area contributed by atoms with Crippen LogP contribution in [0.3, 0.4) is 0 Å². The molecule has 595 valence electrons. The van der Waals surface area contributed by atoms with Gasteiger partial charge < -0.3 is 67.4 Å². The van der Waals surface area contributed by atoms with E-state index in [-0.39, 0.29) is 39.6 Å². The zero-order valence-electron chi connectivity index (χ0n) is 65.8. The maximum Gasteiger partial charge on any atom is 0.309 e. The van der Waals surface area contributed by atoms with E-state index in [1.807, 2.05) is 225 Å². The second-order valence-corrected chi connectivity index (χ2v) is 29.7. The molecular formula is C99H109O15. The van der Waals surface area contributed by atoms with Crippen molar-refractivity contribution in [1.82, 2.24) is 0 Å². The first-order valence-electron chi connectivity index (χ1n) is 39.9. The van der Waals surface area contributed by atoms with Crippen LogP contribution >= 0.6 is 0 Å². The highest BCUT2D eigenvalue weighted by atomic mass is 16.7. The van der Waals surface area contributed by atoms with Crippen LogP contribution in [0, 0.1) is 26.2 Å². The van der Waals surface area contributed by atoms with Crippen molar-refractivity contribution in [2.24, 2.45) is 5.92 Å². The minimum absolute atomic E-state index is 0.00344. The van der Waals surface area contributed by atoms with Crippen molar-refractivity contribution in [3.8, 4) is 0 Å². The monoisotopic (exact) mass is 1540 g/mol. The number of aliphatic hydroxyl groups excluding tert-OH is 1. The van der Waals surface area contributed by atoms with Crippen molar-refractivity contribution < 1.29 is 72.2 Å². The number of benzene rings is 10. The van der Waals surface area contributed by atoms with Gasteiger partial charge in [0.25, 0.3) is 0 Å². The molecule has 0 amide bonds. The molecule has 114 heavy (non-hydrogen) atoms. The van der Waals surface area contributed by atoms with Gasteiger partial charge in [-0.3, -0.25) is 4.79 Å². The van der Waals surface area contributed by atoms with Crippen LogP contribution in [-0.4, -0.2) is 110 Å². The Morgan fingerprint density at radius 2 is 0.789 bits per heavy atom. The Morgan fingerprint density at radius 1 is 0.430 bits per heavy atom. The van der Waals surface area contributed by atoms with Gasteiger partial charge in [0.15, 0.2) is 0 Å². The lowest BCUT2D eigenvalue weighted by atomic mass is 9.79. The average Bonchev–Trinajstić information content (AvgIpc) is 0.733. The number of carboxylic acids is 1. The number of ether oxygens (including phenoxy) is 11. The maximum atomic E-state index is 15.1. The van der Waals surface area contributed by atoms with E-state index in [1.54, 1.807) is 12.2 Å². The zero-order valence-corrected chi connectivity index (χ0v) is 65.8. The first-order chi connectivity index (χ1) is 55.8. The topological polar surface area (TPSA) is 179 Å². The van der Waals surface area contributed by atoms with Gasteiger partial charge in [0.2, 0.25) is 11.6 Å². The summed E-state index contributed by atoms with van der Waals surface area (Å²) in [5.74, 6) is -7.78. The van der Waals surface area contributed by atoms with Crippen LogP contribution in [0.4, 0.5) is 0 Å². The number of hydrogen-bond acceptors (Lipinski definition) is 14. The number of carboxylic acid groups (broad SMARTS) is 1. The van der Waals surface area contributed by atoms with E-state index in [4.69, 9.17) is 52.1 Å². The molecule has 2 aliphatic rings. The predicted molar refractivity (Wildman–Crippen MR) is 443 cm³/mol. The molecule has 3 N–H and O–H groups in total. The summed E-state index contributed by atoms with van der Waals surface area (Å²) in [6.45, 7) is 14.1. The van der Waals surface area contributed by atoms with Gasteiger partial charge in [-0.25, -0.2) is 0 Å². The van der Waals surface area contributed by atoms with E-state index >= 15 is 4.79 Å². The highest BCUT2D eigenvalue weighted by molar-refractivity contribution is 5.72. The van der Waals surface area contributed by atoms with E-state index in [0.717, 1.165) is 105 Å². The Kier molecular flexibility index (Phi) is 31.6. The molecule has 10 aromatic carbocycles. The summed E-state index contributed by atoms with van der Waals surface area (Å²) in [7, 11) is 1.53. The second kappa shape index (κ2) is 42.8. The second-order valence-electron chi connectivity index (χ2n) is 29.7. The van der Waals surface area contributed by atoms with Crippen molar-refractivity contribution in [3.63, 3.8) is 0 Å². The van der Waals surface area contributed by atoms with E-state index in [1.165, 1.54) is 24.7 Å². The van der Waals surface area contributed by atoms with E-state index in [2.05, 4.69) is 68.6 Å². The third-order valence-corrected chi connectivity index (χ3v) is 21.5. The number of rotatable bonds is 44. The summed E-state index contributed by atoms with van der Waals surface area (Å²) in [5, 5.41) is 40.8. The summed E-state index contributed by atoms with van der Waals surface area (Å²) in [4.78, 5) is 15.1. The first kappa shape index (κ1) is 84.0. The summed E-state index contributed by atoms with van der Waals surface area (Å²) >= 11 is 0. The van der Waals surface area contributed by atoms with Gasteiger partial charge >= 0.3 is 5.97 Å². The van der Waals surface area contributed by atoms with Gasteiger partial charge in [0.05, 0.1) is 71.0 Å². The number of carbonyl (C=O) groups is 1. The van der Waals surface area contributed by atoms with Crippen LogP contribution in [-0.2, 0) is 134 Å². The van der Waals surface area contributed by atoms with Gasteiger partial charge in [-0.2, -0.15) is 0 Å². The minimum Gasteiger partial charge on any atom is -0.481 e. The van der Waals surface area contributed by atoms with Gasteiger partial charge in [0.1, 0.15) is 42.7 Å². The van der Waals surface area contributed by atoms with Crippen molar-refractivity contribution >= 4 is 5.97 Å². The molecule has 0 saturated carbocycles. The molecule has 0 aromatic heterocycles. The molecule has 12 atom stereocenters. The fourth-order valence-corrected chi connectivity index (χ4v) is 15.1. The number of hydrogen-bond donors (Lipinski definition) is 3. The number of unbranched alkanes of at least 4 members (excludes halogenated alkanes) is 2. The molecule has 0 aliphatic carbocycles. The molecule has 1 radical (unpaired) electrons. The highest BCUT2D eigenvalue weighted by Gasteiger charge is 2.63. The number of methoxy groups -OCH3 is 1. The van der Waals surface area contributed by atoms with Gasteiger partial charge in [-0.15, -0.1) is 13.2 Å². The average molecular weight is 1540 g/mol. The summed E-state index contributed by atoms with van der Waals surface area (Å²) in [6, 6.07) is 87.0. The van der Waals surface area contributed by atoms with Crippen LogP contribution in [0.5, 0.6) is 0 Å². The van der Waals surface area contributed by atoms with Crippen LogP contribution in [0.1, 0.15) is 115 Å². The van der Waals surface area contributed by atoms with Crippen molar-refractivity contribution in [3.05, 3.63) is 388 Å². The zero-order chi connectivity index (χ0) is 79.3. The van der Waals surface area contributed by atoms with E-state index in [0.29, 0.717) is 50.4 Å². The lowest BCUT2D eigenvalue weighted by Crippen LogP contribution is -2.69. The largest absolute Gasteiger partial charge is 0.481 e. The van der Waals surface area contributed by atoms with Crippen LogP contribution < -0.4 is 0 Å². The Morgan fingerprint density at radius 3 is 1.19 bits per heavy atom. The van der Waals surface area contributed by atoms with Gasteiger partial charge in [-0.05, 0) is 155 Å². The summed E-state index contributed by atoms with van der Waals surface area (Å²) in [6.07, 6.45) is -1.08. The number of aliphatic carboxylic acids is 1. The Balaban J connectivity index is 0.975. The molecule has 2 unspecified atom stereocenters. The molecule has 2 aliphatic heterocycles. The van der Waals surface area contributed by atoms with Crippen molar-refractivity contribution in [1.29, 1.82) is 0 Å². The summed E-state index contributed by atoms with van der Waals surface area (Å²) < 4.78 is 76.8. The minimum atomic E-state index is -2.43. The molecule has 0 bridgehead atoms. The summed E-state index contributed by atoms with van der Waals surface area (Å²) in [5.41, 5.74) is 14.1. The molecule has 0 spiro atoms. The molecular weight excluding hydrogens is 1430 g/mol. The highest BCUT2D eigenvalue weighted by Crippen LogP contribution is 2.48. The fourth-order valence-electron chi connectivity index (χ4n) is 15.1. The van der Waals surface area contributed by atoms with Gasteiger partial charge in [-0.1, -0.05) is 267 Å². The molecule has 15 heteroatoms. The fraction of sp³-hybridized carbons (Fsp3) is 0.333.